The van der Waals surface area contributed by atoms with Gasteiger partial charge in [-0.3, -0.25) is 4.79 Å². The van der Waals surface area contributed by atoms with Crippen molar-refractivity contribution in [2.24, 2.45) is 0 Å². The van der Waals surface area contributed by atoms with Gasteiger partial charge in [-0.2, -0.15) is 0 Å². The molecule has 1 aliphatic rings. The molecule has 0 unspecified atom stereocenters. The lowest BCUT2D eigenvalue weighted by Crippen LogP contribution is -2.36. The standard InChI is InChI=1S/C10H17NO3/c1-13-7-8-14-9-10(12)11-5-3-2-4-6-11/h2-3H,4-9H2,1H3. The van der Waals surface area contributed by atoms with Gasteiger partial charge in [-0.15, -0.1) is 0 Å². The summed E-state index contributed by atoms with van der Waals surface area (Å²) in [6.45, 7) is 2.70. The zero-order chi connectivity index (χ0) is 10.2. The summed E-state index contributed by atoms with van der Waals surface area (Å²) in [5.74, 6) is 0.0606. The van der Waals surface area contributed by atoms with Crippen LogP contribution in [0.15, 0.2) is 12.2 Å². The van der Waals surface area contributed by atoms with E-state index in [1.807, 2.05) is 6.08 Å². The lowest BCUT2D eigenvalue weighted by atomic mass is 10.2. The topological polar surface area (TPSA) is 38.8 Å². The molecule has 1 amide bonds. The molecule has 14 heavy (non-hydrogen) atoms. The number of hydrogen-bond acceptors (Lipinski definition) is 3. The van der Waals surface area contributed by atoms with Crippen LogP contribution in [0.4, 0.5) is 0 Å². The van der Waals surface area contributed by atoms with E-state index in [0.717, 1.165) is 13.0 Å². The molecule has 0 saturated heterocycles. The van der Waals surface area contributed by atoms with E-state index in [9.17, 15) is 4.79 Å². The van der Waals surface area contributed by atoms with Crippen molar-refractivity contribution in [1.29, 1.82) is 0 Å². The summed E-state index contributed by atoms with van der Waals surface area (Å²) >= 11 is 0. The molecule has 0 N–H and O–H groups in total. The Morgan fingerprint density at radius 2 is 2.29 bits per heavy atom. The summed E-state index contributed by atoms with van der Waals surface area (Å²) < 4.78 is 9.96. The van der Waals surface area contributed by atoms with Crippen LogP contribution in [-0.2, 0) is 14.3 Å². The van der Waals surface area contributed by atoms with Crippen molar-refractivity contribution in [3.8, 4) is 0 Å². The molecule has 0 spiro atoms. The van der Waals surface area contributed by atoms with Crippen LogP contribution in [-0.4, -0.2) is 50.8 Å². The fraction of sp³-hybridized carbons (Fsp3) is 0.700. The highest BCUT2D eigenvalue weighted by molar-refractivity contribution is 5.77. The van der Waals surface area contributed by atoms with E-state index in [2.05, 4.69) is 6.08 Å². The number of methoxy groups -OCH3 is 1. The molecular weight excluding hydrogens is 182 g/mol. The first-order chi connectivity index (χ1) is 6.84. The van der Waals surface area contributed by atoms with E-state index in [4.69, 9.17) is 9.47 Å². The second-order valence-electron chi connectivity index (χ2n) is 3.15. The molecule has 0 aromatic rings. The Labute approximate surface area is 84.5 Å². The zero-order valence-electron chi connectivity index (χ0n) is 8.57. The molecule has 0 bridgehead atoms. The molecule has 0 aliphatic carbocycles. The van der Waals surface area contributed by atoms with Gasteiger partial charge in [0.2, 0.25) is 5.91 Å². The van der Waals surface area contributed by atoms with Crippen molar-refractivity contribution >= 4 is 5.91 Å². The smallest absolute Gasteiger partial charge is 0.248 e. The van der Waals surface area contributed by atoms with E-state index < -0.39 is 0 Å². The number of ether oxygens (including phenoxy) is 2. The maximum atomic E-state index is 11.5. The van der Waals surface area contributed by atoms with E-state index in [1.54, 1.807) is 12.0 Å². The van der Waals surface area contributed by atoms with Gasteiger partial charge in [0.15, 0.2) is 0 Å². The third kappa shape index (κ3) is 3.89. The summed E-state index contributed by atoms with van der Waals surface area (Å²) in [4.78, 5) is 13.3. The summed E-state index contributed by atoms with van der Waals surface area (Å²) in [7, 11) is 1.61. The third-order valence-electron chi connectivity index (χ3n) is 2.07. The highest BCUT2D eigenvalue weighted by atomic mass is 16.5. The molecule has 0 radical (unpaired) electrons. The molecular formula is C10H17NO3. The summed E-state index contributed by atoms with van der Waals surface area (Å²) in [5, 5.41) is 0. The van der Waals surface area contributed by atoms with Crippen molar-refractivity contribution in [1.82, 2.24) is 4.90 Å². The Balaban J connectivity index is 2.11. The molecule has 80 valence electrons. The minimum Gasteiger partial charge on any atom is -0.382 e. The molecule has 0 saturated carbocycles. The average molecular weight is 199 g/mol. The highest BCUT2D eigenvalue weighted by Gasteiger charge is 2.13. The largest absolute Gasteiger partial charge is 0.382 e. The van der Waals surface area contributed by atoms with Crippen molar-refractivity contribution in [2.45, 2.75) is 6.42 Å². The molecule has 1 rings (SSSR count). The van der Waals surface area contributed by atoms with Gasteiger partial charge in [-0.25, -0.2) is 0 Å². The van der Waals surface area contributed by atoms with Gasteiger partial charge >= 0.3 is 0 Å². The van der Waals surface area contributed by atoms with E-state index in [1.165, 1.54) is 0 Å². The van der Waals surface area contributed by atoms with Crippen molar-refractivity contribution in [3.05, 3.63) is 12.2 Å². The fourth-order valence-electron chi connectivity index (χ4n) is 1.26. The maximum absolute atomic E-state index is 11.5. The quantitative estimate of drug-likeness (QED) is 0.476. The molecule has 4 heteroatoms. The Morgan fingerprint density at radius 3 is 2.93 bits per heavy atom. The van der Waals surface area contributed by atoms with Gasteiger partial charge in [-0.05, 0) is 6.42 Å². The Bertz CT molecular complexity index is 204. The molecule has 1 aliphatic heterocycles. The minimum atomic E-state index is 0.0606. The van der Waals surface area contributed by atoms with Crippen LogP contribution in [0.3, 0.4) is 0 Å². The molecule has 0 aromatic carbocycles. The van der Waals surface area contributed by atoms with E-state index in [-0.39, 0.29) is 12.5 Å². The van der Waals surface area contributed by atoms with Gasteiger partial charge in [-0.1, -0.05) is 12.2 Å². The fourth-order valence-corrected chi connectivity index (χ4v) is 1.26. The average Bonchev–Trinajstić information content (AvgIpc) is 2.25. The monoisotopic (exact) mass is 199 g/mol. The van der Waals surface area contributed by atoms with Crippen molar-refractivity contribution < 1.29 is 14.3 Å². The van der Waals surface area contributed by atoms with E-state index >= 15 is 0 Å². The molecule has 4 nitrogen and oxygen atoms in total. The summed E-state index contributed by atoms with van der Waals surface area (Å²) in [6, 6.07) is 0. The second kappa shape index (κ2) is 6.56. The number of rotatable bonds is 5. The Morgan fingerprint density at radius 1 is 1.43 bits per heavy atom. The number of carbonyl (C=O) groups is 1. The predicted octanol–water partition coefficient (Wildman–Crippen LogP) is 0.438. The lowest BCUT2D eigenvalue weighted by Gasteiger charge is -2.23. The first-order valence-corrected chi connectivity index (χ1v) is 4.84. The molecule has 0 atom stereocenters. The van der Waals surface area contributed by atoms with Crippen molar-refractivity contribution in [2.75, 3.05) is 40.0 Å². The molecule has 0 aromatic heterocycles. The van der Waals surface area contributed by atoms with Gasteiger partial charge in [0.1, 0.15) is 6.61 Å². The van der Waals surface area contributed by atoms with Crippen LogP contribution in [0.5, 0.6) is 0 Å². The first kappa shape index (κ1) is 11.2. The van der Waals surface area contributed by atoms with Crippen LogP contribution in [0.2, 0.25) is 0 Å². The van der Waals surface area contributed by atoms with Gasteiger partial charge in [0, 0.05) is 20.2 Å². The highest BCUT2D eigenvalue weighted by Crippen LogP contribution is 2.01. The van der Waals surface area contributed by atoms with E-state index in [0.29, 0.717) is 19.8 Å². The predicted molar refractivity (Wildman–Crippen MR) is 53.0 cm³/mol. The zero-order valence-corrected chi connectivity index (χ0v) is 8.57. The van der Waals surface area contributed by atoms with Crippen LogP contribution < -0.4 is 0 Å². The van der Waals surface area contributed by atoms with Crippen molar-refractivity contribution in [3.63, 3.8) is 0 Å². The summed E-state index contributed by atoms with van der Waals surface area (Å²) in [5.41, 5.74) is 0. The Hall–Kier alpha value is -0.870. The number of nitrogens with zero attached hydrogens (tertiary/aromatic N) is 1. The van der Waals surface area contributed by atoms with Crippen LogP contribution in [0.1, 0.15) is 6.42 Å². The normalized spacial score (nSPS) is 15.9. The number of carbonyl (C=O) groups excluding carboxylic acids is 1. The Kier molecular flexibility index (Phi) is 5.25. The minimum absolute atomic E-state index is 0.0606. The van der Waals surface area contributed by atoms with Gasteiger partial charge in [0.25, 0.3) is 0 Å². The molecule has 1 heterocycles. The van der Waals surface area contributed by atoms with Gasteiger partial charge in [0.05, 0.1) is 13.2 Å². The third-order valence-corrected chi connectivity index (χ3v) is 2.07. The maximum Gasteiger partial charge on any atom is 0.248 e. The SMILES string of the molecule is COCCOCC(=O)N1CC=CCC1. The first-order valence-electron chi connectivity index (χ1n) is 4.84. The number of amides is 1. The summed E-state index contributed by atoms with van der Waals surface area (Å²) in [6.07, 6.45) is 5.05. The van der Waals surface area contributed by atoms with Gasteiger partial charge < -0.3 is 14.4 Å². The second-order valence-corrected chi connectivity index (χ2v) is 3.15. The van der Waals surface area contributed by atoms with Crippen LogP contribution in [0.25, 0.3) is 0 Å². The van der Waals surface area contributed by atoms with Crippen LogP contribution >= 0.6 is 0 Å². The lowest BCUT2D eigenvalue weighted by molar-refractivity contribution is -0.136. The van der Waals surface area contributed by atoms with Crippen LogP contribution in [0, 0.1) is 0 Å². The number of hydrogen-bond donors (Lipinski definition) is 0. The molecule has 0 fully saturated rings.